The van der Waals surface area contributed by atoms with Crippen molar-refractivity contribution in [2.45, 2.75) is 45.7 Å². The first kappa shape index (κ1) is 15.0. The first-order chi connectivity index (χ1) is 9.40. The minimum atomic E-state index is -0.277. The van der Waals surface area contributed by atoms with Crippen LogP contribution in [0.2, 0.25) is 0 Å². The van der Waals surface area contributed by atoms with Crippen LogP contribution in [0.15, 0.2) is 18.2 Å². The average Bonchev–Trinajstić information content (AvgIpc) is 2.37. The van der Waals surface area contributed by atoms with Gasteiger partial charge in [0.25, 0.3) is 0 Å². The zero-order valence-electron chi connectivity index (χ0n) is 12.4. The zero-order chi connectivity index (χ0) is 14.9. The number of hydrogen-bond acceptors (Lipinski definition) is 2. The summed E-state index contributed by atoms with van der Waals surface area (Å²) in [6.45, 7) is 6.74. The van der Waals surface area contributed by atoms with Crippen LogP contribution >= 0.6 is 0 Å². The number of carbonyl (C=O) groups excluding carboxylic acids is 1. The Bertz CT molecular complexity index is 501. The molecule has 1 fully saturated rings. The summed E-state index contributed by atoms with van der Waals surface area (Å²) in [5, 5.41) is 0. The standard InChI is InChI=1S/C16H23FN2O/c1-10(2)9-19-15(20)7-6-14(18)16(19)13-8-12(17)5-4-11(13)3/h4-5,8,10,14,16H,6-7,9,18H2,1-3H3. The molecule has 1 heterocycles. The monoisotopic (exact) mass is 278 g/mol. The van der Waals surface area contributed by atoms with Gasteiger partial charge in [0.1, 0.15) is 5.82 Å². The molecule has 1 aliphatic heterocycles. The minimum absolute atomic E-state index is 0.120. The quantitative estimate of drug-likeness (QED) is 0.924. The summed E-state index contributed by atoms with van der Waals surface area (Å²) >= 11 is 0. The van der Waals surface area contributed by atoms with E-state index in [1.807, 2.05) is 11.8 Å². The first-order valence-electron chi connectivity index (χ1n) is 7.21. The van der Waals surface area contributed by atoms with Crippen molar-refractivity contribution >= 4 is 5.91 Å². The predicted octanol–water partition coefficient (Wildman–Crippen LogP) is 2.78. The predicted molar refractivity (Wildman–Crippen MR) is 77.6 cm³/mol. The lowest BCUT2D eigenvalue weighted by atomic mass is 9.87. The van der Waals surface area contributed by atoms with Gasteiger partial charge in [-0.1, -0.05) is 19.9 Å². The normalized spacial score (nSPS) is 23.5. The van der Waals surface area contributed by atoms with Crippen LogP contribution in [0.1, 0.15) is 43.9 Å². The number of piperidine rings is 1. The highest BCUT2D eigenvalue weighted by Gasteiger charge is 2.35. The molecular formula is C16H23FN2O. The summed E-state index contributed by atoms with van der Waals surface area (Å²) in [6, 6.07) is 4.37. The number of halogens is 1. The van der Waals surface area contributed by atoms with Gasteiger partial charge in [0.2, 0.25) is 5.91 Å². The lowest BCUT2D eigenvalue weighted by molar-refractivity contribution is -0.138. The Morgan fingerprint density at radius 1 is 1.45 bits per heavy atom. The molecule has 2 rings (SSSR count). The fraction of sp³-hybridized carbons (Fsp3) is 0.562. The molecule has 0 radical (unpaired) electrons. The Morgan fingerprint density at radius 2 is 2.15 bits per heavy atom. The van der Waals surface area contributed by atoms with Gasteiger partial charge in [-0.05, 0) is 42.5 Å². The number of likely N-dealkylation sites (tertiary alicyclic amines) is 1. The number of benzene rings is 1. The van der Waals surface area contributed by atoms with Crippen molar-refractivity contribution in [2.24, 2.45) is 11.7 Å². The maximum atomic E-state index is 13.6. The molecule has 2 N–H and O–H groups in total. The van der Waals surface area contributed by atoms with Crippen molar-refractivity contribution in [3.63, 3.8) is 0 Å². The SMILES string of the molecule is Cc1ccc(F)cc1C1C(N)CCC(=O)N1CC(C)C. The topological polar surface area (TPSA) is 46.3 Å². The fourth-order valence-electron chi connectivity index (χ4n) is 2.92. The molecule has 0 bridgehead atoms. The van der Waals surface area contributed by atoms with Crippen LogP contribution < -0.4 is 5.73 Å². The van der Waals surface area contributed by atoms with Gasteiger partial charge in [-0.15, -0.1) is 0 Å². The van der Waals surface area contributed by atoms with Gasteiger partial charge >= 0.3 is 0 Å². The smallest absolute Gasteiger partial charge is 0.223 e. The number of aryl methyl sites for hydroxylation is 1. The summed E-state index contributed by atoms with van der Waals surface area (Å²) in [7, 11) is 0. The number of nitrogens with two attached hydrogens (primary N) is 1. The first-order valence-corrected chi connectivity index (χ1v) is 7.21. The average molecular weight is 278 g/mol. The number of amides is 1. The van der Waals surface area contributed by atoms with E-state index in [-0.39, 0.29) is 23.8 Å². The maximum absolute atomic E-state index is 13.6. The van der Waals surface area contributed by atoms with E-state index in [4.69, 9.17) is 5.73 Å². The Morgan fingerprint density at radius 3 is 2.80 bits per heavy atom. The van der Waals surface area contributed by atoms with Gasteiger partial charge < -0.3 is 10.6 Å². The van der Waals surface area contributed by atoms with Crippen LogP contribution in [0.3, 0.4) is 0 Å². The number of nitrogens with zero attached hydrogens (tertiary/aromatic N) is 1. The molecule has 1 saturated heterocycles. The summed E-state index contributed by atoms with van der Waals surface area (Å²) in [5.41, 5.74) is 8.06. The van der Waals surface area contributed by atoms with Gasteiger partial charge in [0.15, 0.2) is 0 Å². The molecule has 1 aromatic carbocycles. The molecule has 0 aromatic heterocycles. The minimum Gasteiger partial charge on any atom is -0.334 e. The zero-order valence-corrected chi connectivity index (χ0v) is 12.4. The number of hydrogen-bond donors (Lipinski definition) is 1. The van der Waals surface area contributed by atoms with E-state index in [1.165, 1.54) is 12.1 Å². The molecule has 20 heavy (non-hydrogen) atoms. The van der Waals surface area contributed by atoms with E-state index < -0.39 is 0 Å². The molecule has 0 spiro atoms. The highest BCUT2D eigenvalue weighted by Crippen LogP contribution is 2.33. The molecule has 3 nitrogen and oxygen atoms in total. The van der Waals surface area contributed by atoms with Crippen molar-refractivity contribution in [2.75, 3.05) is 6.54 Å². The van der Waals surface area contributed by atoms with Crippen LogP contribution in [0.4, 0.5) is 4.39 Å². The molecule has 1 amide bonds. The van der Waals surface area contributed by atoms with Crippen molar-refractivity contribution in [3.8, 4) is 0 Å². The van der Waals surface area contributed by atoms with Crippen molar-refractivity contribution in [1.82, 2.24) is 4.90 Å². The third-order valence-corrected chi connectivity index (χ3v) is 3.87. The Labute approximate surface area is 120 Å². The molecule has 2 unspecified atom stereocenters. The summed E-state index contributed by atoms with van der Waals surface area (Å²) in [4.78, 5) is 14.1. The van der Waals surface area contributed by atoms with Crippen LogP contribution in [-0.2, 0) is 4.79 Å². The molecule has 0 aliphatic carbocycles. The molecule has 1 aromatic rings. The highest BCUT2D eigenvalue weighted by molar-refractivity contribution is 5.78. The molecule has 0 saturated carbocycles. The van der Waals surface area contributed by atoms with Crippen molar-refractivity contribution in [3.05, 3.63) is 35.1 Å². The largest absolute Gasteiger partial charge is 0.334 e. The van der Waals surface area contributed by atoms with Crippen molar-refractivity contribution < 1.29 is 9.18 Å². The van der Waals surface area contributed by atoms with E-state index >= 15 is 0 Å². The van der Waals surface area contributed by atoms with Gasteiger partial charge in [-0.2, -0.15) is 0 Å². The molecule has 1 aliphatic rings. The molecule has 110 valence electrons. The Hall–Kier alpha value is -1.42. The second-order valence-electron chi connectivity index (χ2n) is 6.09. The molecule has 2 atom stereocenters. The molecular weight excluding hydrogens is 255 g/mol. The number of rotatable bonds is 3. The van der Waals surface area contributed by atoms with Crippen LogP contribution in [0.5, 0.6) is 0 Å². The summed E-state index contributed by atoms with van der Waals surface area (Å²) < 4.78 is 13.6. The van der Waals surface area contributed by atoms with Crippen LogP contribution in [0.25, 0.3) is 0 Å². The number of carbonyl (C=O) groups is 1. The van der Waals surface area contributed by atoms with Crippen molar-refractivity contribution in [1.29, 1.82) is 0 Å². The Balaban J connectivity index is 2.41. The van der Waals surface area contributed by atoms with E-state index in [1.54, 1.807) is 6.07 Å². The summed E-state index contributed by atoms with van der Waals surface area (Å²) in [5.74, 6) is 0.204. The second-order valence-corrected chi connectivity index (χ2v) is 6.09. The van der Waals surface area contributed by atoms with Gasteiger partial charge in [0, 0.05) is 19.0 Å². The third-order valence-electron chi connectivity index (χ3n) is 3.87. The van der Waals surface area contributed by atoms with Gasteiger partial charge in [-0.3, -0.25) is 4.79 Å². The lowest BCUT2D eigenvalue weighted by Crippen LogP contribution is -2.50. The van der Waals surface area contributed by atoms with Gasteiger partial charge in [-0.25, -0.2) is 4.39 Å². The van der Waals surface area contributed by atoms with Crippen LogP contribution in [0, 0.1) is 18.7 Å². The van der Waals surface area contributed by atoms with Gasteiger partial charge in [0.05, 0.1) is 6.04 Å². The highest BCUT2D eigenvalue weighted by atomic mass is 19.1. The lowest BCUT2D eigenvalue weighted by Gasteiger charge is -2.41. The van der Waals surface area contributed by atoms with E-state index in [0.29, 0.717) is 25.3 Å². The summed E-state index contributed by atoms with van der Waals surface area (Å²) in [6.07, 6.45) is 1.15. The Kier molecular flexibility index (Phi) is 4.43. The second kappa shape index (κ2) is 5.92. The fourth-order valence-corrected chi connectivity index (χ4v) is 2.92. The third kappa shape index (κ3) is 3.01. The van der Waals surface area contributed by atoms with E-state index in [0.717, 1.165) is 11.1 Å². The van der Waals surface area contributed by atoms with Crippen LogP contribution in [-0.4, -0.2) is 23.4 Å². The molecule has 4 heteroatoms. The van der Waals surface area contributed by atoms with E-state index in [9.17, 15) is 9.18 Å². The van der Waals surface area contributed by atoms with E-state index in [2.05, 4.69) is 13.8 Å². The maximum Gasteiger partial charge on any atom is 0.223 e.